The fraction of sp³-hybridized carbons (Fsp3) is 0.417. The Bertz CT molecular complexity index is 422. The van der Waals surface area contributed by atoms with E-state index in [1.807, 2.05) is 6.07 Å². The zero-order valence-corrected chi connectivity index (χ0v) is 9.96. The van der Waals surface area contributed by atoms with Gasteiger partial charge in [0.15, 0.2) is 0 Å². The van der Waals surface area contributed by atoms with Crippen molar-refractivity contribution in [3.05, 3.63) is 28.4 Å². The van der Waals surface area contributed by atoms with E-state index in [2.05, 4.69) is 33.1 Å². The maximum Gasteiger partial charge on any atom is 0.221 e. The predicted octanol–water partition coefficient (Wildman–Crippen LogP) is 3.56. The highest BCUT2D eigenvalue weighted by Crippen LogP contribution is 2.40. The minimum Gasteiger partial charge on any atom is -0.466 e. The minimum absolute atomic E-state index is 0.0478. The Hall–Kier alpha value is -0.830. The molecule has 1 saturated carbocycles. The second-order valence-electron chi connectivity index (χ2n) is 4.26. The van der Waals surface area contributed by atoms with Gasteiger partial charge < -0.3 is 4.74 Å². The molecule has 1 fully saturated rings. The van der Waals surface area contributed by atoms with E-state index >= 15 is 0 Å². The molecule has 1 spiro atoms. The second kappa shape index (κ2) is 3.34. The maximum atomic E-state index is 6.02. The molecule has 0 radical (unpaired) electrons. The smallest absolute Gasteiger partial charge is 0.221 e. The summed E-state index contributed by atoms with van der Waals surface area (Å²) in [5.74, 6) is 0.780. The molecule has 0 saturated heterocycles. The molecule has 0 atom stereocenters. The summed E-state index contributed by atoms with van der Waals surface area (Å²) in [6.07, 6.45) is 10.9. The zero-order valence-electron chi connectivity index (χ0n) is 8.37. The number of halogens is 1. The van der Waals surface area contributed by atoms with Crippen LogP contribution in [0.15, 0.2) is 22.8 Å². The Labute approximate surface area is 97.5 Å². The lowest BCUT2D eigenvalue weighted by atomic mass is 9.98. The third kappa shape index (κ3) is 1.59. The quantitative estimate of drug-likeness (QED) is 0.716. The van der Waals surface area contributed by atoms with Crippen molar-refractivity contribution in [1.29, 1.82) is 0 Å². The first kappa shape index (κ1) is 9.40. The molecule has 0 aromatic carbocycles. The highest BCUT2D eigenvalue weighted by Gasteiger charge is 2.36. The van der Waals surface area contributed by atoms with Crippen molar-refractivity contribution in [2.75, 3.05) is 0 Å². The Balaban J connectivity index is 2.00. The molecular formula is C12H12BrNO. The SMILES string of the molecule is Brc1cnc2c(c1)C=CC1(CCCC1)O2. The van der Waals surface area contributed by atoms with Crippen LogP contribution in [0.3, 0.4) is 0 Å². The second-order valence-corrected chi connectivity index (χ2v) is 5.17. The lowest BCUT2D eigenvalue weighted by Gasteiger charge is -2.30. The largest absolute Gasteiger partial charge is 0.466 e. The number of pyridine rings is 1. The van der Waals surface area contributed by atoms with Crippen LogP contribution in [0, 0.1) is 0 Å². The van der Waals surface area contributed by atoms with E-state index in [-0.39, 0.29) is 5.60 Å². The maximum absolute atomic E-state index is 6.02. The van der Waals surface area contributed by atoms with Gasteiger partial charge in [0.05, 0.1) is 0 Å². The molecule has 0 bridgehead atoms. The number of ether oxygens (including phenoxy) is 1. The zero-order chi connectivity index (χ0) is 10.3. The lowest BCUT2D eigenvalue weighted by Crippen LogP contribution is -2.32. The fourth-order valence-corrected chi connectivity index (χ4v) is 2.71. The third-order valence-electron chi connectivity index (χ3n) is 3.16. The van der Waals surface area contributed by atoms with E-state index in [4.69, 9.17) is 4.74 Å². The summed E-state index contributed by atoms with van der Waals surface area (Å²) in [5.41, 5.74) is 1.02. The number of aromatic nitrogens is 1. The van der Waals surface area contributed by atoms with Crippen molar-refractivity contribution in [2.45, 2.75) is 31.3 Å². The number of rotatable bonds is 0. The summed E-state index contributed by atoms with van der Waals surface area (Å²) >= 11 is 3.41. The van der Waals surface area contributed by atoms with Gasteiger partial charge in [-0.3, -0.25) is 0 Å². The van der Waals surface area contributed by atoms with Gasteiger partial charge in [0.25, 0.3) is 0 Å². The van der Waals surface area contributed by atoms with E-state index in [1.54, 1.807) is 6.20 Å². The fourth-order valence-electron chi connectivity index (χ4n) is 2.36. The highest BCUT2D eigenvalue weighted by molar-refractivity contribution is 9.10. The van der Waals surface area contributed by atoms with Crippen LogP contribution in [-0.2, 0) is 0 Å². The summed E-state index contributed by atoms with van der Waals surface area (Å²) in [6, 6.07) is 2.04. The highest BCUT2D eigenvalue weighted by atomic mass is 79.9. The number of nitrogens with zero attached hydrogens (tertiary/aromatic N) is 1. The minimum atomic E-state index is -0.0478. The van der Waals surface area contributed by atoms with E-state index in [1.165, 1.54) is 12.8 Å². The molecule has 1 aliphatic heterocycles. The first-order valence-electron chi connectivity index (χ1n) is 5.31. The van der Waals surface area contributed by atoms with Gasteiger partial charge in [-0.1, -0.05) is 0 Å². The molecule has 3 heteroatoms. The molecule has 2 nitrogen and oxygen atoms in total. The molecule has 3 rings (SSSR count). The Morgan fingerprint density at radius 1 is 1.33 bits per heavy atom. The van der Waals surface area contributed by atoms with Crippen LogP contribution in [0.1, 0.15) is 31.2 Å². The molecule has 1 aromatic rings. The average molecular weight is 266 g/mol. The van der Waals surface area contributed by atoms with Crippen molar-refractivity contribution in [3.63, 3.8) is 0 Å². The monoisotopic (exact) mass is 265 g/mol. The molecule has 15 heavy (non-hydrogen) atoms. The molecule has 2 heterocycles. The van der Waals surface area contributed by atoms with Crippen molar-refractivity contribution in [2.24, 2.45) is 0 Å². The summed E-state index contributed by atoms with van der Waals surface area (Å²) < 4.78 is 7.01. The summed E-state index contributed by atoms with van der Waals surface area (Å²) in [6.45, 7) is 0. The van der Waals surface area contributed by atoms with Gasteiger partial charge in [-0.25, -0.2) is 4.98 Å². The van der Waals surface area contributed by atoms with E-state index in [0.717, 1.165) is 28.8 Å². The van der Waals surface area contributed by atoms with Crippen LogP contribution >= 0.6 is 15.9 Å². The Morgan fingerprint density at radius 2 is 2.13 bits per heavy atom. The van der Waals surface area contributed by atoms with Gasteiger partial charge >= 0.3 is 0 Å². The van der Waals surface area contributed by atoms with Crippen LogP contribution in [-0.4, -0.2) is 10.6 Å². The lowest BCUT2D eigenvalue weighted by molar-refractivity contribution is 0.118. The van der Waals surface area contributed by atoms with Crippen LogP contribution in [0.4, 0.5) is 0 Å². The van der Waals surface area contributed by atoms with E-state index in [0.29, 0.717) is 0 Å². The summed E-state index contributed by atoms with van der Waals surface area (Å²) in [4.78, 5) is 4.32. The molecule has 0 N–H and O–H groups in total. The number of hydrogen-bond donors (Lipinski definition) is 0. The van der Waals surface area contributed by atoms with Crippen LogP contribution in [0.25, 0.3) is 6.08 Å². The normalized spacial score (nSPS) is 21.4. The van der Waals surface area contributed by atoms with Crippen LogP contribution in [0.2, 0.25) is 0 Å². The standard InChI is InChI=1S/C12H12BrNO/c13-10-7-9-3-6-12(4-1-2-5-12)15-11(9)14-8-10/h3,6-8H,1-2,4-5H2. The van der Waals surface area contributed by atoms with Gasteiger partial charge in [-0.15, -0.1) is 0 Å². The van der Waals surface area contributed by atoms with Gasteiger partial charge in [-0.2, -0.15) is 0 Å². The molecular weight excluding hydrogens is 254 g/mol. The van der Waals surface area contributed by atoms with Crippen molar-refractivity contribution >= 4 is 22.0 Å². The molecule has 0 amide bonds. The van der Waals surface area contributed by atoms with Crippen molar-refractivity contribution in [3.8, 4) is 5.88 Å². The first-order valence-corrected chi connectivity index (χ1v) is 6.11. The molecule has 2 aliphatic rings. The topological polar surface area (TPSA) is 22.1 Å². The van der Waals surface area contributed by atoms with Gasteiger partial charge in [0, 0.05) is 16.2 Å². The predicted molar refractivity (Wildman–Crippen MR) is 62.8 cm³/mol. The average Bonchev–Trinajstić information content (AvgIpc) is 2.67. The molecule has 78 valence electrons. The van der Waals surface area contributed by atoms with Gasteiger partial charge in [0.2, 0.25) is 5.88 Å². The van der Waals surface area contributed by atoms with E-state index < -0.39 is 0 Å². The first-order chi connectivity index (χ1) is 7.27. The molecule has 1 aliphatic carbocycles. The Kier molecular flexibility index (Phi) is 2.09. The van der Waals surface area contributed by atoms with E-state index in [9.17, 15) is 0 Å². The molecule has 0 unspecified atom stereocenters. The van der Waals surface area contributed by atoms with Crippen LogP contribution in [0.5, 0.6) is 5.88 Å². The van der Waals surface area contributed by atoms with Gasteiger partial charge in [-0.05, 0) is 59.8 Å². The third-order valence-corrected chi connectivity index (χ3v) is 3.60. The summed E-state index contributed by atoms with van der Waals surface area (Å²) in [7, 11) is 0. The molecule has 1 aromatic heterocycles. The Morgan fingerprint density at radius 3 is 2.93 bits per heavy atom. The van der Waals surface area contributed by atoms with Crippen LogP contribution < -0.4 is 4.74 Å². The number of hydrogen-bond acceptors (Lipinski definition) is 2. The van der Waals surface area contributed by atoms with Crippen molar-refractivity contribution in [1.82, 2.24) is 4.98 Å². The number of fused-ring (bicyclic) bond motifs is 1. The van der Waals surface area contributed by atoms with Gasteiger partial charge in [0.1, 0.15) is 5.60 Å². The summed E-state index contributed by atoms with van der Waals surface area (Å²) in [5, 5.41) is 0. The van der Waals surface area contributed by atoms with Crippen molar-refractivity contribution < 1.29 is 4.74 Å².